The Morgan fingerprint density at radius 3 is 2.67 bits per heavy atom. The molecule has 0 N–H and O–H groups in total. The minimum atomic E-state index is 0.204. The number of ether oxygens (including phenoxy) is 1. The van der Waals surface area contributed by atoms with Gasteiger partial charge in [-0.3, -0.25) is 0 Å². The fraction of sp³-hybridized carbons (Fsp3) is 0.438. The second-order valence-electron chi connectivity index (χ2n) is 4.99. The van der Waals surface area contributed by atoms with Gasteiger partial charge in [0.25, 0.3) is 0 Å². The predicted molar refractivity (Wildman–Crippen MR) is 78.1 cm³/mol. The Labute approximate surface area is 124 Å². The van der Waals surface area contributed by atoms with Crippen molar-refractivity contribution in [1.82, 2.24) is 10.1 Å². The van der Waals surface area contributed by atoms with Gasteiger partial charge in [-0.15, -0.1) is 0 Å². The molecule has 0 unspecified atom stereocenters. The van der Waals surface area contributed by atoms with Gasteiger partial charge in [-0.2, -0.15) is 4.98 Å². The number of ketones is 1. The van der Waals surface area contributed by atoms with E-state index in [1.54, 1.807) is 6.92 Å². The molecule has 2 rings (SSSR count). The molecule has 0 aliphatic heterocycles. The van der Waals surface area contributed by atoms with Crippen LogP contribution in [0.5, 0.6) is 5.75 Å². The van der Waals surface area contributed by atoms with E-state index in [1.807, 2.05) is 24.3 Å². The maximum Gasteiger partial charge on any atom is 0.226 e. The number of carbonyl (C=O) groups excluding carboxylic acids is 1. The number of carbonyl (C=O) groups is 1. The van der Waals surface area contributed by atoms with Crippen LogP contribution in [0, 0.1) is 0 Å². The van der Waals surface area contributed by atoms with Crippen LogP contribution in [0.25, 0.3) is 0 Å². The molecule has 21 heavy (non-hydrogen) atoms. The van der Waals surface area contributed by atoms with E-state index in [4.69, 9.17) is 9.26 Å². The van der Waals surface area contributed by atoms with Crippen molar-refractivity contribution in [2.24, 2.45) is 0 Å². The summed E-state index contributed by atoms with van der Waals surface area (Å²) in [5.41, 5.74) is 1.13. The van der Waals surface area contributed by atoms with Gasteiger partial charge in [0, 0.05) is 12.8 Å². The van der Waals surface area contributed by atoms with E-state index < -0.39 is 0 Å². The molecular weight excluding hydrogens is 268 g/mol. The van der Waals surface area contributed by atoms with Crippen molar-refractivity contribution < 1.29 is 14.1 Å². The number of rotatable bonds is 8. The molecule has 0 spiro atoms. The Morgan fingerprint density at radius 2 is 2.00 bits per heavy atom. The summed E-state index contributed by atoms with van der Waals surface area (Å²) in [5.74, 6) is 2.16. The standard InChI is InChI=1S/C16H20N2O3/c1-3-4-16-17-15(18-21-16)11-20-14-9-7-13(8-10-14)6-5-12(2)19/h7-10H,3-6,11H2,1-2H3. The summed E-state index contributed by atoms with van der Waals surface area (Å²) in [5, 5.41) is 3.87. The highest BCUT2D eigenvalue weighted by Crippen LogP contribution is 2.15. The lowest BCUT2D eigenvalue weighted by Crippen LogP contribution is -1.98. The Hall–Kier alpha value is -2.17. The van der Waals surface area contributed by atoms with Crippen molar-refractivity contribution in [3.63, 3.8) is 0 Å². The highest BCUT2D eigenvalue weighted by Gasteiger charge is 2.06. The molecule has 112 valence electrons. The molecule has 0 amide bonds. The van der Waals surface area contributed by atoms with Crippen LogP contribution in [0.1, 0.15) is 44.0 Å². The van der Waals surface area contributed by atoms with Crippen molar-refractivity contribution in [2.45, 2.75) is 46.1 Å². The van der Waals surface area contributed by atoms with E-state index in [2.05, 4.69) is 17.1 Å². The molecule has 5 nitrogen and oxygen atoms in total. The fourth-order valence-corrected chi connectivity index (χ4v) is 1.88. The minimum Gasteiger partial charge on any atom is -0.485 e. The van der Waals surface area contributed by atoms with Crippen molar-refractivity contribution in [1.29, 1.82) is 0 Å². The van der Waals surface area contributed by atoms with E-state index in [1.165, 1.54) is 0 Å². The highest BCUT2D eigenvalue weighted by molar-refractivity contribution is 5.75. The number of hydrogen-bond acceptors (Lipinski definition) is 5. The molecule has 0 radical (unpaired) electrons. The number of aryl methyl sites for hydroxylation is 2. The summed E-state index contributed by atoms with van der Waals surface area (Å²) in [7, 11) is 0. The molecule has 2 aromatic rings. The first-order valence-electron chi connectivity index (χ1n) is 7.20. The van der Waals surface area contributed by atoms with Gasteiger partial charge in [0.2, 0.25) is 11.7 Å². The SMILES string of the molecule is CCCc1nc(COc2ccc(CCC(C)=O)cc2)no1. The topological polar surface area (TPSA) is 65.2 Å². The molecule has 5 heteroatoms. The fourth-order valence-electron chi connectivity index (χ4n) is 1.88. The third kappa shape index (κ3) is 5.02. The quantitative estimate of drug-likeness (QED) is 0.746. The minimum absolute atomic E-state index is 0.204. The van der Waals surface area contributed by atoms with Crippen molar-refractivity contribution in [3.05, 3.63) is 41.5 Å². The molecular formula is C16H20N2O3. The molecule has 0 saturated carbocycles. The van der Waals surface area contributed by atoms with Crippen molar-refractivity contribution in [3.8, 4) is 5.75 Å². The summed E-state index contributed by atoms with van der Waals surface area (Å²) < 4.78 is 10.7. The number of aromatic nitrogens is 2. The third-order valence-electron chi connectivity index (χ3n) is 3.03. The van der Waals surface area contributed by atoms with Crippen LogP contribution < -0.4 is 4.74 Å². The van der Waals surface area contributed by atoms with Gasteiger partial charge in [-0.1, -0.05) is 24.2 Å². The van der Waals surface area contributed by atoms with E-state index in [0.717, 1.165) is 30.6 Å². The summed E-state index contributed by atoms with van der Waals surface area (Å²) in [4.78, 5) is 15.2. The second kappa shape index (κ2) is 7.57. The highest BCUT2D eigenvalue weighted by atomic mass is 16.5. The summed E-state index contributed by atoms with van der Waals surface area (Å²) in [6, 6.07) is 7.72. The predicted octanol–water partition coefficient (Wildman–Crippen LogP) is 3.12. The molecule has 0 atom stereocenters. The van der Waals surface area contributed by atoms with Gasteiger partial charge >= 0.3 is 0 Å². The third-order valence-corrected chi connectivity index (χ3v) is 3.03. The lowest BCUT2D eigenvalue weighted by atomic mass is 10.1. The maximum absolute atomic E-state index is 10.9. The van der Waals surface area contributed by atoms with E-state index in [9.17, 15) is 4.79 Å². The van der Waals surface area contributed by atoms with Crippen LogP contribution >= 0.6 is 0 Å². The second-order valence-corrected chi connectivity index (χ2v) is 4.99. The number of Topliss-reactive ketones (excluding diaryl/α,β-unsaturated/α-hetero) is 1. The number of benzene rings is 1. The van der Waals surface area contributed by atoms with Gasteiger partial charge in [0.05, 0.1) is 0 Å². The van der Waals surface area contributed by atoms with Crippen LogP contribution in [-0.2, 0) is 24.2 Å². The first-order chi connectivity index (χ1) is 10.2. The average Bonchev–Trinajstić information content (AvgIpc) is 2.92. The van der Waals surface area contributed by atoms with Crippen LogP contribution in [-0.4, -0.2) is 15.9 Å². The molecule has 1 heterocycles. The van der Waals surface area contributed by atoms with E-state index in [0.29, 0.717) is 24.7 Å². The van der Waals surface area contributed by atoms with E-state index >= 15 is 0 Å². The smallest absolute Gasteiger partial charge is 0.226 e. The van der Waals surface area contributed by atoms with Crippen LogP contribution in [0.2, 0.25) is 0 Å². The molecule has 1 aromatic carbocycles. The number of hydrogen-bond donors (Lipinski definition) is 0. The molecule has 0 fully saturated rings. The summed E-state index contributed by atoms with van der Waals surface area (Å²) >= 11 is 0. The Kier molecular flexibility index (Phi) is 5.49. The average molecular weight is 288 g/mol. The molecule has 1 aromatic heterocycles. The van der Waals surface area contributed by atoms with Gasteiger partial charge < -0.3 is 14.1 Å². The lowest BCUT2D eigenvalue weighted by Gasteiger charge is -2.04. The first kappa shape index (κ1) is 15.2. The molecule has 0 aliphatic carbocycles. The van der Waals surface area contributed by atoms with Gasteiger partial charge in [0.15, 0.2) is 6.61 Å². The van der Waals surface area contributed by atoms with Crippen LogP contribution in [0.3, 0.4) is 0 Å². The van der Waals surface area contributed by atoms with Crippen molar-refractivity contribution in [2.75, 3.05) is 0 Å². The normalized spacial score (nSPS) is 10.6. The van der Waals surface area contributed by atoms with Crippen LogP contribution in [0.15, 0.2) is 28.8 Å². The maximum atomic E-state index is 10.9. The largest absolute Gasteiger partial charge is 0.485 e. The van der Waals surface area contributed by atoms with Crippen molar-refractivity contribution >= 4 is 5.78 Å². The Bertz CT molecular complexity index is 575. The first-order valence-corrected chi connectivity index (χ1v) is 7.20. The van der Waals surface area contributed by atoms with Gasteiger partial charge in [-0.25, -0.2) is 0 Å². The monoisotopic (exact) mass is 288 g/mol. The zero-order valence-electron chi connectivity index (χ0n) is 12.5. The van der Waals surface area contributed by atoms with Gasteiger partial charge in [0.1, 0.15) is 11.5 Å². The molecule has 0 bridgehead atoms. The Morgan fingerprint density at radius 1 is 1.24 bits per heavy atom. The van der Waals surface area contributed by atoms with E-state index in [-0.39, 0.29) is 5.78 Å². The Balaban J connectivity index is 1.83. The summed E-state index contributed by atoms with van der Waals surface area (Å²) in [6.45, 7) is 3.96. The zero-order chi connectivity index (χ0) is 15.1. The molecule has 0 saturated heterocycles. The van der Waals surface area contributed by atoms with Gasteiger partial charge in [-0.05, 0) is 37.5 Å². The molecule has 0 aliphatic rings. The lowest BCUT2D eigenvalue weighted by molar-refractivity contribution is -0.116. The zero-order valence-corrected chi connectivity index (χ0v) is 12.5. The van der Waals surface area contributed by atoms with Crippen LogP contribution in [0.4, 0.5) is 0 Å². The summed E-state index contributed by atoms with van der Waals surface area (Å²) in [6.07, 6.45) is 3.10. The number of nitrogens with zero attached hydrogens (tertiary/aromatic N) is 2.